The van der Waals surface area contributed by atoms with Crippen molar-refractivity contribution in [3.05, 3.63) is 59.8 Å². The molecule has 0 fully saturated rings. The Bertz CT molecular complexity index is 969. The third-order valence-electron chi connectivity index (χ3n) is 4.87. The van der Waals surface area contributed by atoms with Crippen LogP contribution in [0.2, 0.25) is 0 Å². The third kappa shape index (κ3) is 5.06. The Kier molecular flexibility index (Phi) is 7.31. The second kappa shape index (κ2) is 10.1. The number of rotatable bonds is 10. The predicted molar refractivity (Wildman–Crippen MR) is 119 cm³/mol. The van der Waals surface area contributed by atoms with E-state index >= 15 is 0 Å². The number of benzene rings is 2. The first kappa shape index (κ1) is 22.4. The number of hydrogen-bond acceptors (Lipinski definition) is 6. The molecule has 1 N–H and O–H groups in total. The maximum Gasteiger partial charge on any atom is 0.278 e. The molecule has 7 nitrogen and oxygen atoms in total. The van der Waals surface area contributed by atoms with E-state index in [0.29, 0.717) is 41.4 Å². The molecule has 0 atom stereocenters. The fourth-order valence-electron chi connectivity index (χ4n) is 3.36. The van der Waals surface area contributed by atoms with Crippen LogP contribution >= 0.6 is 0 Å². The average molecular weight is 424 g/mol. The van der Waals surface area contributed by atoms with Crippen LogP contribution in [-0.4, -0.2) is 50.2 Å². The molecule has 2 aromatic rings. The van der Waals surface area contributed by atoms with Crippen molar-refractivity contribution in [1.29, 1.82) is 0 Å². The van der Waals surface area contributed by atoms with Gasteiger partial charge in [-0.2, -0.15) is 0 Å². The monoisotopic (exact) mass is 424 g/mol. The molecule has 0 radical (unpaired) electrons. The summed E-state index contributed by atoms with van der Waals surface area (Å²) in [7, 11) is 3.10. The molecule has 1 aliphatic rings. The van der Waals surface area contributed by atoms with Crippen LogP contribution in [0.15, 0.2) is 54.2 Å². The van der Waals surface area contributed by atoms with Crippen molar-refractivity contribution in [2.24, 2.45) is 0 Å². The molecule has 0 unspecified atom stereocenters. The minimum Gasteiger partial charge on any atom is -0.497 e. The second-order valence-electron chi connectivity index (χ2n) is 7.34. The summed E-state index contributed by atoms with van der Waals surface area (Å²) < 4.78 is 16.3. The molecule has 31 heavy (non-hydrogen) atoms. The highest BCUT2D eigenvalue weighted by molar-refractivity contribution is 6.36. The number of carbonyl (C=O) groups excluding carboxylic acids is 2. The highest BCUT2D eigenvalue weighted by Gasteiger charge is 2.39. The molecule has 0 aliphatic carbocycles. The molecule has 0 spiro atoms. The Morgan fingerprint density at radius 3 is 2.35 bits per heavy atom. The van der Waals surface area contributed by atoms with Gasteiger partial charge in [-0.25, -0.2) is 0 Å². The number of methoxy groups -OCH3 is 2. The predicted octanol–water partition coefficient (Wildman–Crippen LogP) is 3.71. The van der Waals surface area contributed by atoms with Crippen LogP contribution in [0.5, 0.6) is 11.5 Å². The normalized spacial score (nSPS) is 13.9. The Balaban J connectivity index is 1.94. The van der Waals surface area contributed by atoms with Crippen molar-refractivity contribution in [2.45, 2.75) is 26.4 Å². The van der Waals surface area contributed by atoms with Gasteiger partial charge in [-0.05, 0) is 38.0 Å². The fourth-order valence-corrected chi connectivity index (χ4v) is 3.36. The molecule has 1 aliphatic heterocycles. The van der Waals surface area contributed by atoms with Gasteiger partial charge in [0, 0.05) is 19.2 Å². The van der Waals surface area contributed by atoms with Crippen molar-refractivity contribution in [1.82, 2.24) is 4.90 Å². The van der Waals surface area contributed by atoms with Crippen LogP contribution in [0.3, 0.4) is 0 Å². The van der Waals surface area contributed by atoms with Gasteiger partial charge in [0.05, 0.1) is 31.6 Å². The number of nitrogens with one attached hydrogen (secondary N) is 1. The van der Waals surface area contributed by atoms with Gasteiger partial charge in [0.2, 0.25) is 0 Å². The Morgan fingerprint density at radius 2 is 1.71 bits per heavy atom. The topological polar surface area (TPSA) is 77.1 Å². The lowest BCUT2D eigenvalue weighted by Gasteiger charge is -2.16. The number of amides is 2. The van der Waals surface area contributed by atoms with E-state index in [0.717, 1.165) is 0 Å². The molecular weight excluding hydrogens is 396 g/mol. The van der Waals surface area contributed by atoms with Gasteiger partial charge in [0.1, 0.15) is 17.2 Å². The Labute approximate surface area is 182 Å². The molecular formula is C24H28N2O5. The fraction of sp³-hybridized carbons (Fsp3) is 0.333. The molecule has 0 saturated carbocycles. The molecule has 164 valence electrons. The standard InChI is InChI=1S/C24H28N2O5/c1-16(2)31-14-8-13-26-23(27)21(17-9-6-5-7-10-17)22(24(26)28)25-19-15-18(29-3)11-12-20(19)30-4/h5-7,9-12,15-16,25H,8,13-14H2,1-4H3. The SMILES string of the molecule is COc1ccc(OC)c(NC2=C(c3ccccc3)C(=O)N(CCCOC(C)C)C2=O)c1. The molecule has 1 heterocycles. The lowest BCUT2D eigenvalue weighted by molar-refractivity contribution is -0.137. The van der Waals surface area contributed by atoms with Crippen molar-refractivity contribution in [2.75, 3.05) is 32.7 Å². The lowest BCUT2D eigenvalue weighted by atomic mass is 10.0. The Hall–Kier alpha value is -3.32. The number of carbonyl (C=O) groups is 2. The van der Waals surface area contributed by atoms with Crippen molar-refractivity contribution in [3.63, 3.8) is 0 Å². The summed E-state index contributed by atoms with van der Waals surface area (Å²) in [5.74, 6) is 0.428. The maximum absolute atomic E-state index is 13.3. The van der Waals surface area contributed by atoms with E-state index < -0.39 is 0 Å². The summed E-state index contributed by atoms with van der Waals surface area (Å²) in [6.07, 6.45) is 0.661. The number of hydrogen-bond donors (Lipinski definition) is 1. The van der Waals surface area contributed by atoms with E-state index in [1.54, 1.807) is 32.4 Å². The molecule has 0 bridgehead atoms. The molecule has 0 saturated heterocycles. The summed E-state index contributed by atoms with van der Waals surface area (Å²) in [5.41, 5.74) is 1.76. The first-order valence-electron chi connectivity index (χ1n) is 10.2. The summed E-state index contributed by atoms with van der Waals surface area (Å²) in [6.45, 7) is 4.65. The van der Waals surface area contributed by atoms with Crippen LogP contribution in [0, 0.1) is 0 Å². The summed E-state index contributed by atoms with van der Waals surface area (Å²) in [4.78, 5) is 27.8. The first-order chi connectivity index (χ1) is 15.0. The molecule has 3 rings (SSSR count). The zero-order valence-electron chi connectivity index (χ0n) is 18.3. The minimum atomic E-state index is -0.377. The average Bonchev–Trinajstić information content (AvgIpc) is 3.00. The summed E-state index contributed by atoms with van der Waals surface area (Å²) >= 11 is 0. The molecule has 2 amide bonds. The number of anilines is 1. The zero-order valence-corrected chi connectivity index (χ0v) is 18.3. The number of nitrogens with zero attached hydrogens (tertiary/aromatic N) is 1. The third-order valence-corrected chi connectivity index (χ3v) is 4.87. The summed E-state index contributed by atoms with van der Waals surface area (Å²) in [6, 6.07) is 14.4. The van der Waals surface area contributed by atoms with E-state index in [2.05, 4.69) is 5.32 Å². The lowest BCUT2D eigenvalue weighted by Crippen LogP contribution is -2.34. The number of imide groups is 1. The maximum atomic E-state index is 13.3. The van der Waals surface area contributed by atoms with E-state index in [1.807, 2.05) is 44.2 Å². The van der Waals surface area contributed by atoms with E-state index in [9.17, 15) is 9.59 Å². The van der Waals surface area contributed by atoms with E-state index in [4.69, 9.17) is 14.2 Å². The zero-order chi connectivity index (χ0) is 22.4. The van der Waals surface area contributed by atoms with E-state index in [1.165, 1.54) is 4.90 Å². The first-order valence-corrected chi connectivity index (χ1v) is 10.2. The van der Waals surface area contributed by atoms with Crippen molar-refractivity contribution < 1.29 is 23.8 Å². The van der Waals surface area contributed by atoms with Gasteiger partial charge in [-0.1, -0.05) is 30.3 Å². The van der Waals surface area contributed by atoms with Crippen LogP contribution in [-0.2, 0) is 14.3 Å². The van der Waals surface area contributed by atoms with Crippen LogP contribution < -0.4 is 14.8 Å². The van der Waals surface area contributed by atoms with E-state index in [-0.39, 0.29) is 30.2 Å². The highest BCUT2D eigenvalue weighted by atomic mass is 16.5. The van der Waals surface area contributed by atoms with Gasteiger partial charge in [-0.15, -0.1) is 0 Å². The molecule has 2 aromatic carbocycles. The second-order valence-corrected chi connectivity index (χ2v) is 7.34. The minimum absolute atomic E-state index is 0.0979. The van der Waals surface area contributed by atoms with Crippen molar-refractivity contribution >= 4 is 23.1 Å². The Morgan fingerprint density at radius 1 is 0.968 bits per heavy atom. The molecule has 7 heteroatoms. The van der Waals surface area contributed by atoms with Gasteiger partial charge >= 0.3 is 0 Å². The van der Waals surface area contributed by atoms with Gasteiger partial charge in [-0.3, -0.25) is 14.5 Å². The highest BCUT2D eigenvalue weighted by Crippen LogP contribution is 2.35. The smallest absolute Gasteiger partial charge is 0.278 e. The molecule has 0 aromatic heterocycles. The quantitative estimate of drug-likeness (QED) is 0.463. The largest absolute Gasteiger partial charge is 0.497 e. The van der Waals surface area contributed by atoms with Crippen LogP contribution in [0.25, 0.3) is 5.57 Å². The van der Waals surface area contributed by atoms with Crippen LogP contribution in [0.4, 0.5) is 5.69 Å². The summed E-state index contributed by atoms with van der Waals surface area (Å²) in [5, 5.41) is 3.13. The van der Waals surface area contributed by atoms with Crippen LogP contribution in [0.1, 0.15) is 25.8 Å². The van der Waals surface area contributed by atoms with Gasteiger partial charge in [0.15, 0.2) is 0 Å². The van der Waals surface area contributed by atoms with Crippen molar-refractivity contribution in [3.8, 4) is 11.5 Å². The number of ether oxygens (including phenoxy) is 3. The van der Waals surface area contributed by atoms with Gasteiger partial charge in [0.25, 0.3) is 11.8 Å². The van der Waals surface area contributed by atoms with Gasteiger partial charge < -0.3 is 19.5 Å².